The predicted octanol–water partition coefficient (Wildman–Crippen LogP) is 0.649. The number of hydrogen-bond donors (Lipinski definition) is 2. The molecule has 0 unspecified atom stereocenters. The standard InChI is InChI=1S/C12H15N3O4S/c1-7(2)11(12(16)17)15-20(18,19)10-4-9(5-13)8(3)14-6-10/h4,6-7,11,15H,1-3H3,(H,16,17)/t11-/m1/s1. The maximum Gasteiger partial charge on any atom is 0.322 e. The van der Waals surface area contributed by atoms with Gasteiger partial charge in [0.05, 0.1) is 11.3 Å². The number of aliphatic carboxylic acids is 1. The molecule has 0 bridgehead atoms. The number of carbonyl (C=O) groups is 1. The predicted molar refractivity (Wildman–Crippen MR) is 70.3 cm³/mol. The minimum Gasteiger partial charge on any atom is -0.480 e. The molecule has 0 radical (unpaired) electrons. The molecule has 20 heavy (non-hydrogen) atoms. The number of pyridine rings is 1. The fraction of sp³-hybridized carbons (Fsp3) is 0.417. The Kier molecular flexibility index (Phi) is 4.81. The monoisotopic (exact) mass is 297 g/mol. The summed E-state index contributed by atoms with van der Waals surface area (Å²) in [6, 6.07) is 1.76. The molecule has 7 nitrogen and oxygen atoms in total. The summed E-state index contributed by atoms with van der Waals surface area (Å²) in [6.07, 6.45) is 1.09. The normalized spacial score (nSPS) is 12.9. The fourth-order valence-electron chi connectivity index (χ4n) is 1.48. The second kappa shape index (κ2) is 5.98. The summed E-state index contributed by atoms with van der Waals surface area (Å²) in [5.41, 5.74) is 0.536. The number of carboxylic acids is 1. The van der Waals surface area contributed by atoms with Crippen molar-refractivity contribution >= 4 is 16.0 Å². The molecular formula is C12H15N3O4S. The maximum absolute atomic E-state index is 12.1. The van der Waals surface area contributed by atoms with Crippen molar-refractivity contribution in [2.45, 2.75) is 31.7 Å². The number of hydrogen-bond acceptors (Lipinski definition) is 5. The molecule has 0 saturated carbocycles. The zero-order valence-electron chi connectivity index (χ0n) is 11.3. The van der Waals surface area contributed by atoms with Gasteiger partial charge >= 0.3 is 5.97 Å². The molecule has 0 aliphatic rings. The van der Waals surface area contributed by atoms with Gasteiger partial charge in [-0.05, 0) is 18.9 Å². The van der Waals surface area contributed by atoms with Crippen LogP contribution in [0.1, 0.15) is 25.1 Å². The summed E-state index contributed by atoms with van der Waals surface area (Å²) in [7, 11) is -4.04. The molecule has 2 N–H and O–H groups in total. The zero-order valence-corrected chi connectivity index (χ0v) is 12.1. The fourth-order valence-corrected chi connectivity index (χ4v) is 2.79. The first kappa shape index (κ1) is 16.1. The van der Waals surface area contributed by atoms with Gasteiger partial charge in [0.25, 0.3) is 0 Å². The Morgan fingerprint density at radius 1 is 1.50 bits per heavy atom. The second-order valence-corrected chi connectivity index (χ2v) is 6.31. The largest absolute Gasteiger partial charge is 0.480 e. The highest BCUT2D eigenvalue weighted by atomic mass is 32.2. The second-order valence-electron chi connectivity index (χ2n) is 4.60. The van der Waals surface area contributed by atoms with Crippen LogP contribution >= 0.6 is 0 Å². The molecule has 0 aromatic carbocycles. The van der Waals surface area contributed by atoms with E-state index in [9.17, 15) is 13.2 Å². The third kappa shape index (κ3) is 3.53. The minimum atomic E-state index is -4.04. The van der Waals surface area contributed by atoms with Crippen LogP contribution in [0.5, 0.6) is 0 Å². The van der Waals surface area contributed by atoms with Crippen LogP contribution in [0.2, 0.25) is 0 Å². The van der Waals surface area contributed by atoms with Crippen LogP contribution in [0.3, 0.4) is 0 Å². The summed E-state index contributed by atoms with van der Waals surface area (Å²) in [5, 5.41) is 17.9. The van der Waals surface area contributed by atoms with Gasteiger partial charge in [-0.3, -0.25) is 9.78 Å². The topological polar surface area (TPSA) is 120 Å². The molecule has 0 aliphatic heterocycles. The summed E-state index contributed by atoms with van der Waals surface area (Å²) in [4.78, 5) is 14.6. The number of nitriles is 1. The van der Waals surface area contributed by atoms with E-state index in [1.54, 1.807) is 20.8 Å². The van der Waals surface area contributed by atoms with E-state index in [0.29, 0.717) is 5.69 Å². The number of aromatic nitrogens is 1. The number of nitrogens with one attached hydrogen (secondary N) is 1. The minimum absolute atomic E-state index is 0.129. The van der Waals surface area contributed by atoms with Crippen molar-refractivity contribution in [1.29, 1.82) is 5.26 Å². The van der Waals surface area contributed by atoms with Gasteiger partial charge in [0.1, 0.15) is 17.0 Å². The Morgan fingerprint density at radius 3 is 2.55 bits per heavy atom. The van der Waals surface area contributed by atoms with Gasteiger partial charge in [0, 0.05) is 6.20 Å². The maximum atomic E-state index is 12.1. The summed E-state index contributed by atoms with van der Waals surface area (Å²) < 4.78 is 26.3. The van der Waals surface area contributed by atoms with Crippen molar-refractivity contribution in [3.63, 3.8) is 0 Å². The van der Waals surface area contributed by atoms with E-state index in [1.807, 2.05) is 6.07 Å². The van der Waals surface area contributed by atoms with Gasteiger partial charge in [-0.25, -0.2) is 8.42 Å². The molecule has 1 aromatic heterocycles. The van der Waals surface area contributed by atoms with Crippen LogP contribution in [-0.2, 0) is 14.8 Å². The number of rotatable bonds is 5. The van der Waals surface area contributed by atoms with Crippen LogP contribution in [-0.4, -0.2) is 30.5 Å². The molecule has 0 fully saturated rings. The van der Waals surface area contributed by atoms with E-state index in [4.69, 9.17) is 10.4 Å². The highest BCUT2D eigenvalue weighted by Crippen LogP contribution is 2.14. The Labute approximate surface area is 117 Å². The number of carboxylic acid groups (broad SMARTS) is 1. The van der Waals surface area contributed by atoms with Crippen molar-refractivity contribution in [2.24, 2.45) is 5.92 Å². The molecule has 1 atom stereocenters. The smallest absolute Gasteiger partial charge is 0.322 e. The highest BCUT2D eigenvalue weighted by Gasteiger charge is 2.28. The van der Waals surface area contributed by atoms with Gasteiger partial charge in [0.15, 0.2) is 0 Å². The third-order valence-corrected chi connectivity index (χ3v) is 4.12. The number of nitrogens with zero attached hydrogens (tertiary/aromatic N) is 2. The summed E-state index contributed by atoms with van der Waals surface area (Å²) in [5.74, 6) is -1.68. The van der Waals surface area contributed by atoms with Crippen LogP contribution < -0.4 is 4.72 Å². The number of aryl methyl sites for hydroxylation is 1. The van der Waals surface area contributed by atoms with E-state index in [1.165, 1.54) is 6.07 Å². The van der Waals surface area contributed by atoms with Crippen molar-refractivity contribution in [1.82, 2.24) is 9.71 Å². The molecule has 8 heteroatoms. The van der Waals surface area contributed by atoms with E-state index in [0.717, 1.165) is 6.20 Å². The Bertz CT molecular complexity index is 662. The van der Waals surface area contributed by atoms with E-state index in [-0.39, 0.29) is 10.5 Å². The lowest BCUT2D eigenvalue weighted by Gasteiger charge is -2.18. The summed E-state index contributed by atoms with van der Waals surface area (Å²) >= 11 is 0. The highest BCUT2D eigenvalue weighted by molar-refractivity contribution is 7.89. The first-order valence-corrected chi connectivity index (χ1v) is 7.29. The van der Waals surface area contributed by atoms with Gasteiger partial charge in [-0.2, -0.15) is 9.98 Å². The van der Waals surface area contributed by atoms with Crippen molar-refractivity contribution < 1.29 is 18.3 Å². The Balaban J connectivity index is 3.18. The third-order valence-electron chi connectivity index (χ3n) is 2.71. The first-order valence-electron chi connectivity index (χ1n) is 5.81. The Morgan fingerprint density at radius 2 is 2.10 bits per heavy atom. The average Bonchev–Trinajstić information content (AvgIpc) is 2.35. The quantitative estimate of drug-likeness (QED) is 0.823. The van der Waals surface area contributed by atoms with Gasteiger partial charge in [0.2, 0.25) is 10.0 Å². The lowest BCUT2D eigenvalue weighted by molar-refractivity contribution is -0.140. The molecular weight excluding hydrogens is 282 g/mol. The van der Waals surface area contributed by atoms with Crippen LogP contribution in [0.15, 0.2) is 17.2 Å². The van der Waals surface area contributed by atoms with Crippen molar-refractivity contribution in [3.05, 3.63) is 23.5 Å². The SMILES string of the molecule is Cc1ncc(S(=O)(=O)N[C@@H](C(=O)O)C(C)C)cc1C#N. The van der Waals surface area contributed by atoms with Crippen molar-refractivity contribution in [2.75, 3.05) is 0 Å². The van der Waals surface area contributed by atoms with E-state index < -0.39 is 28.0 Å². The van der Waals surface area contributed by atoms with Gasteiger partial charge < -0.3 is 5.11 Å². The lowest BCUT2D eigenvalue weighted by Crippen LogP contribution is -2.44. The van der Waals surface area contributed by atoms with Gasteiger partial charge in [-0.1, -0.05) is 13.8 Å². The van der Waals surface area contributed by atoms with Gasteiger partial charge in [-0.15, -0.1) is 0 Å². The molecule has 0 spiro atoms. The zero-order chi connectivity index (χ0) is 15.5. The van der Waals surface area contributed by atoms with Crippen LogP contribution in [0.25, 0.3) is 0 Å². The molecule has 0 saturated heterocycles. The Hall–Kier alpha value is -1.98. The van der Waals surface area contributed by atoms with Crippen LogP contribution in [0, 0.1) is 24.2 Å². The van der Waals surface area contributed by atoms with Crippen molar-refractivity contribution in [3.8, 4) is 6.07 Å². The molecule has 1 rings (SSSR count). The molecule has 0 aliphatic carbocycles. The summed E-state index contributed by atoms with van der Waals surface area (Å²) in [6.45, 7) is 4.77. The molecule has 108 valence electrons. The number of sulfonamides is 1. The lowest BCUT2D eigenvalue weighted by atomic mass is 10.1. The van der Waals surface area contributed by atoms with E-state index in [2.05, 4.69) is 9.71 Å². The molecule has 1 heterocycles. The average molecular weight is 297 g/mol. The molecule has 1 aromatic rings. The molecule has 0 amide bonds. The van der Waals surface area contributed by atoms with Crippen LogP contribution in [0.4, 0.5) is 0 Å². The van der Waals surface area contributed by atoms with E-state index >= 15 is 0 Å². The first-order chi connectivity index (χ1) is 9.19.